The van der Waals surface area contributed by atoms with E-state index in [1.165, 1.54) is 23.3 Å². The molecule has 2 aliphatic heterocycles. The number of phenols is 1. The molecule has 0 spiro atoms. The molecule has 1 aromatic carbocycles. The fraction of sp³-hybridized carbons (Fsp3) is 0.333. The smallest absolute Gasteiger partial charge is 0.246 e. The Bertz CT molecular complexity index is 960. The molecule has 3 heterocycles. The number of benzene rings is 1. The predicted molar refractivity (Wildman–Crippen MR) is 114 cm³/mol. The number of rotatable bonds is 5. The molecule has 2 aromatic rings. The molecule has 1 aromatic heterocycles. The van der Waals surface area contributed by atoms with E-state index in [1.54, 1.807) is 6.07 Å². The Labute approximate surface area is 179 Å². The van der Waals surface area contributed by atoms with Crippen molar-refractivity contribution in [3.8, 4) is 5.75 Å². The number of amides is 1. The van der Waals surface area contributed by atoms with Crippen molar-refractivity contribution in [3.05, 3.63) is 63.9 Å². The molecule has 0 radical (unpaired) electrons. The average molecular weight is 433 g/mol. The second-order valence-corrected chi connectivity index (χ2v) is 8.17. The Morgan fingerprint density at radius 2 is 2.10 bits per heavy atom. The molecule has 6 nitrogen and oxygen atoms in total. The van der Waals surface area contributed by atoms with Gasteiger partial charge >= 0.3 is 0 Å². The number of nitrogens with one attached hydrogen (secondary N) is 1. The van der Waals surface area contributed by atoms with Crippen LogP contribution < -0.4 is 5.32 Å². The zero-order valence-corrected chi connectivity index (χ0v) is 17.4. The average Bonchev–Trinajstić information content (AvgIpc) is 2.68. The minimum atomic E-state index is 0.00164. The Hall–Kier alpha value is -2.28. The molecule has 152 valence electrons. The van der Waals surface area contributed by atoms with Crippen LogP contribution in [0.15, 0.2) is 37.1 Å². The number of phenolic OH excluding ortho intramolecular Hbond substituents is 1. The number of carbonyl (C=O) groups is 1. The summed E-state index contributed by atoms with van der Waals surface area (Å²) in [6, 6.07) is 5.50. The van der Waals surface area contributed by atoms with Crippen LogP contribution in [0.25, 0.3) is 0 Å². The maximum atomic E-state index is 11.7. The van der Waals surface area contributed by atoms with E-state index < -0.39 is 0 Å². The van der Waals surface area contributed by atoms with Crippen molar-refractivity contribution in [1.29, 1.82) is 0 Å². The summed E-state index contributed by atoms with van der Waals surface area (Å²) in [6.07, 6.45) is 4.10. The van der Waals surface area contributed by atoms with Gasteiger partial charge in [0, 0.05) is 44.5 Å². The highest BCUT2D eigenvalue weighted by Crippen LogP contribution is 2.34. The molecular formula is C21H22Cl2N4O2. The quantitative estimate of drug-likeness (QED) is 0.559. The summed E-state index contributed by atoms with van der Waals surface area (Å²) >= 11 is 12.0. The molecule has 1 amide bonds. The number of aromatic hydroxyl groups is 1. The van der Waals surface area contributed by atoms with Crippen LogP contribution in [0.3, 0.4) is 0 Å². The van der Waals surface area contributed by atoms with E-state index in [1.807, 2.05) is 11.1 Å². The minimum absolute atomic E-state index is 0.00164. The molecule has 0 bridgehead atoms. The molecule has 0 unspecified atom stereocenters. The van der Waals surface area contributed by atoms with Crippen LogP contribution in [-0.4, -0.2) is 51.5 Å². The third-order valence-corrected chi connectivity index (χ3v) is 6.34. The van der Waals surface area contributed by atoms with E-state index in [9.17, 15) is 9.90 Å². The monoisotopic (exact) mass is 432 g/mol. The molecule has 1 saturated heterocycles. The highest BCUT2D eigenvalue weighted by atomic mass is 35.5. The van der Waals surface area contributed by atoms with Crippen molar-refractivity contribution in [2.45, 2.75) is 25.6 Å². The Balaban J connectivity index is 1.42. The summed E-state index contributed by atoms with van der Waals surface area (Å²) < 4.78 is 0. The second-order valence-electron chi connectivity index (χ2n) is 7.35. The van der Waals surface area contributed by atoms with Crippen molar-refractivity contribution in [3.63, 3.8) is 0 Å². The largest absolute Gasteiger partial charge is 0.506 e. The Morgan fingerprint density at radius 1 is 1.34 bits per heavy atom. The van der Waals surface area contributed by atoms with Crippen LogP contribution in [0.1, 0.15) is 16.8 Å². The fourth-order valence-corrected chi connectivity index (χ4v) is 4.23. The normalized spacial score (nSPS) is 16.8. The van der Waals surface area contributed by atoms with E-state index in [2.05, 4.69) is 27.8 Å². The highest BCUT2D eigenvalue weighted by molar-refractivity contribution is 6.42. The number of likely N-dealkylation sites (tertiary alicyclic amines) is 1. The minimum Gasteiger partial charge on any atom is -0.506 e. The van der Waals surface area contributed by atoms with Gasteiger partial charge in [-0.1, -0.05) is 29.8 Å². The van der Waals surface area contributed by atoms with Crippen molar-refractivity contribution < 1.29 is 9.90 Å². The van der Waals surface area contributed by atoms with E-state index in [0.29, 0.717) is 28.3 Å². The van der Waals surface area contributed by atoms with E-state index in [4.69, 9.17) is 23.2 Å². The van der Waals surface area contributed by atoms with E-state index in [0.717, 1.165) is 38.3 Å². The molecule has 29 heavy (non-hydrogen) atoms. The van der Waals surface area contributed by atoms with Gasteiger partial charge in [0.2, 0.25) is 5.91 Å². The summed E-state index contributed by atoms with van der Waals surface area (Å²) in [5.74, 6) is 0.0563. The Kier molecular flexibility index (Phi) is 5.67. The van der Waals surface area contributed by atoms with Gasteiger partial charge < -0.3 is 15.3 Å². The number of hydrogen-bond donors (Lipinski definition) is 2. The number of nitrogens with zero attached hydrogens (tertiary/aromatic N) is 3. The topological polar surface area (TPSA) is 68.7 Å². The maximum absolute atomic E-state index is 11.7. The fourth-order valence-electron chi connectivity index (χ4n) is 3.90. The number of anilines is 1. The number of hydrogen-bond acceptors (Lipinski definition) is 5. The number of fused-ring (bicyclic) bond motifs is 1. The zero-order valence-electron chi connectivity index (χ0n) is 15.9. The number of pyridine rings is 1. The van der Waals surface area contributed by atoms with Gasteiger partial charge in [-0.3, -0.25) is 14.7 Å². The first-order chi connectivity index (χ1) is 14.0. The summed E-state index contributed by atoms with van der Waals surface area (Å²) in [5, 5.41) is 14.0. The van der Waals surface area contributed by atoms with Crippen molar-refractivity contribution >= 4 is 34.8 Å². The zero-order chi connectivity index (χ0) is 20.5. The third-order valence-electron chi connectivity index (χ3n) is 5.61. The number of aromatic nitrogens is 1. The number of carbonyl (C=O) groups excluding carboxylic acids is 1. The molecule has 4 rings (SSSR count). The van der Waals surface area contributed by atoms with Crippen molar-refractivity contribution in [2.24, 2.45) is 0 Å². The molecule has 0 atom stereocenters. The summed E-state index contributed by atoms with van der Waals surface area (Å²) in [6.45, 7) is 7.34. The van der Waals surface area contributed by atoms with Gasteiger partial charge in [0.05, 0.1) is 28.0 Å². The first kappa shape index (κ1) is 20.0. The van der Waals surface area contributed by atoms with Gasteiger partial charge in [-0.15, -0.1) is 0 Å². The molecular weight excluding hydrogens is 411 g/mol. The van der Waals surface area contributed by atoms with Crippen molar-refractivity contribution in [1.82, 2.24) is 14.8 Å². The predicted octanol–water partition coefficient (Wildman–Crippen LogP) is 3.46. The third kappa shape index (κ3) is 4.06. The lowest BCUT2D eigenvalue weighted by molar-refractivity contribution is -0.133. The van der Waals surface area contributed by atoms with Crippen LogP contribution in [0.4, 0.5) is 5.69 Å². The lowest BCUT2D eigenvalue weighted by Crippen LogP contribution is -2.61. The van der Waals surface area contributed by atoms with Gasteiger partial charge in [-0.25, -0.2) is 0 Å². The van der Waals surface area contributed by atoms with E-state index >= 15 is 0 Å². The second kappa shape index (κ2) is 8.22. The SMILES string of the molecule is C=CC(=O)N1CC(N2CCc3c(ccnc3CNc3cc(Cl)c(Cl)cc3O)C2)C1. The number of halogens is 2. The molecule has 2 aliphatic rings. The molecule has 2 N–H and O–H groups in total. The first-order valence-corrected chi connectivity index (χ1v) is 10.2. The molecule has 0 saturated carbocycles. The standard InChI is InChI=1S/C21H22Cl2N4O2/c1-2-21(29)27-11-14(12-27)26-6-4-15-13(10-26)3-5-24-19(15)9-25-18-7-16(22)17(23)8-20(18)28/h2-3,5,7-8,14,25,28H,1,4,6,9-12H2. The van der Waals surface area contributed by atoms with Gasteiger partial charge in [-0.05, 0) is 35.8 Å². The highest BCUT2D eigenvalue weighted by Gasteiger charge is 2.35. The molecule has 0 aliphatic carbocycles. The van der Waals surface area contributed by atoms with Crippen LogP contribution in [0, 0.1) is 0 Å². The summed E-state index contributed by atoms with van der Waals surface area (Å²) in [7, 11) is 0. The van der Waals surface area contributed by atoms with Gasteiger partial charge in [-0.2, -0.15) is 0 Å². The van der Waals surface area contributed by atoms with Crippen LogP contribution >= 0.6 is 23.2 Å². The summed E-state index contributed by atoms with van der Waals surface area (Å²) in [4.78, 5) is 20.4. The van der Waals surface area contributed by atoms with Crippen LogP contribution in [-0.2, 0) is 24.3 Å². The Morgan fingerprint density at radius 3 is 2.86 bits per heavy atom. The van der Waals surface area contributed by atoms with Gasteiger partial charge in [0.1, 0.15) is 5.75 Å². The van der Waals surface area contributed by atoms with Crippen LogP contribution in [0.2, 0.25) is 10.0 Å². The van der Waals surface area contributed by atoms with Gasteiger partial charge in [0.15, 0.2) is 0 Å². The van der Waals surface area contributed by atoms with Crippen LogP contribution in [0.5, 0.6) is 5.75 Å². The lowest BCUT2D eigenvalue weighted by atomic mass is 9.95. The maximum Gasteiger partial charge on any atom is 0.246 e. The first-order valence-electron chi connectivity index (χ1n) is 9.49. The molecule has 8 heteroatoms. The van der Waals surface area contributed by atoms with E-state index in [-0.39, 0.29) is 11.7 Å². The lowest BCUT2D eigenvalue weighted by Gasteiger charge is -2.46. The van der Waals surface area contributed by atoms with Crippen molar-refractivity contribution in [2.75, 3.05) is 25.0 Å². The summed E-state index contributed by atoms with van der Waals surface area (Å²) in [5.41, 5.74) is 3.99. The molecule has 1 fully saturated rings. The van der Waals surface area contributed by atoms with Gasteiger partial charge in [0.25, 0.3) is 0 Å².